The first-order valence-electron chi connectivity index (χ1n) is 6.14. The van der Waals surface area contributed by atoms with Crippen molar-refractivity contribution >= 4 is 5.82 Å². The maximum Gasteiger partial charge on any atom is 0.126 e. The van der Waals surface area contributed by atoms with Gasteiger partial charge in [0.2, 0.25) is 0 Å². The minimum Gasteiger partial charge on any atom is -0.383 e. The van der Waals surface area contributed by atoms with Crippen LogP contribution in [0.3, 0.4) is 0 Å². The fourth-order valence-corrected chi connectivity index (χ4v) is 1.69. The monoisotopic (exact) mass is 221 g/mol. The lowest BCUT2D eigenvalue weighted by atomic mass is 10.0. The van der Waals surface area contributed by atoms with Gasteiger partial charge in [0.25, 0.3) is 0 Å². The third-order valence-corrected chi connectivity index (χ3v) is 2.75. The Morgan fingerprint density at radius 3 is 3.00 bits per heavy atom. The maximum atomic E-state index is 5.80. The summed E-state index contributed by atoms with van der Waals surface area (Å²) in [5, 5.41) is 3.44. The second kappa shape index (κ2) is 7.23. The van der Waals surface area contributed by atoms with Crippen molar-refractivity contribution in [3.63, 3.8) is 0 Å². The molecule has 1 atom stereocenters. The molecule has 16 heavy (non-hydrogen) atoms. The van der Waals surface area contributed by atoms with E-state index >= 15 is 0 Å². The lowest BCUT2D eigenvalue weighted by Crippen LogP contribution is -2.22. The number of nitrogens with zero attached hydrogens (tertiary/aromatic N) is 1. The van der Waals surface area contributed by atoms with Gasteiger partial charge in [0.1, 0.15) is 5.82 Å². The van der Waals surface area contributed by atoms with Crippen LogP contribution in [0.15, 0.2) is 18.3 Å². The summed E-state index contributed by atoms with van der Waals surface area (Å²) in [6.07, 6.45) is 5.12. The first-order valence-corrected chi connectivity index (χ1v) is 6.14. The third kappa shape index (κ3) is 4.62. The molecule has 0 aliphatic heterocycles. The largest absolute Gasteiger partial charge is 0.383 e. The molecule has 1 aromatic heterocycles. The summed E-state index contributed by atoms with van der Waals surface area (Å²) in [7, 11) is 0. The normalized spacial score (nSPS) is 12.6. The Morgan fingerprint density at radius 1 is 1.50 bits per heavy atom. The van der Waals surface area contributed by atoms with Crippen LogP contribution >= 0.6 is 0 Å². The van der Waals surface area contributed by atoms with E-state index in [0.717, 1.165) is 25.9 Å². The molecule has 0 aliphatic carbocycles. The van der Waals surface area contributed by atoms with Gasteiger partial charge in [-0.2, -0.15) is 0 Å². The van der Waals surface area contributed by atoms with E-state index in [9.17, 15) is 0 Å². The van der Waals surface area contributed by atoms with E-state index < -0.39 is 0 Å². The van der Waals surface area contributed by atoms with Gasteiger partial charge in [0, 0.05) is 6.20 Å². The minimum atomic E-state index is 0.677. The second-order valence-electron chi connectivity index (χ2n) is 4.40. The van der Waals surface area contributed by atoms with Crippen LogP contribution in [0.5, 0.6) is 0 Å². The van der Waals surface area contributed by atoms with Crippen LogP contribution in [-0.4, -0.2) is 18.1 Å². The average molecular weight is 221 g/mol. The van der Waals surface area contributed by atoms with Crippen molar-refractivity contribution < 1.29 is 0 Å². The molecule has 1 rings (SSSR count). The molecule has 1 unspecified atom stereocenters. The third-order valence-electron chi connectivity index (χ3n) is 2.75. The molecular weight excluding hydrogens is 198 g/mol. The smallest absolute Gasteiger partial charge is 0.126 e. The molecular formula is C13H23N3. The summed E-state index contributed by atoms with van der Waals surface area (Å²) < 4.78 is 0. The van der Waals surface area contributed by atoms with Crippen molar-refractivity contribution in [1.29, 1.82) is 0 Å². The zero-order valence-corrected chi connectivity index (χ0v) is 10.4. The van der Waals surface area contributed by atoms with Crippen molar-refractivity contribution in [3.05, 3.63) is 23.9 Å². The van der Waals surface area contributed by atoms with Gasteiger partial charge in [-0.05, 0) is 49.9 Å². The first-order chi connectivity index (χ1) is 7.74. The highest BCUT2D eigenvalue weighted by Gasteiger charge is 2.04. The average Bonchev–Trinajstić information content (AvgIpc) is 2.28. The molecule has 0 bridgehead atoms. The summed E-state index contributed by atoms with van der Waals surface area (Å²) in [5.41, 5.74) is 6.97. The van der Waals surface area contributed by atoms with E-state index in [-0.39, 0.29) is 0 Å². The van der Waals surface area contributed by atoms with Gasteiger partial charge in [-0.25, -0.2) is 4.98 Å². The van der Waals surface area contributed by atoms with Crippen molar-refractivity contribution in [3.8, 4) is 0 Å². The molecule has 0 amide bonds. The number of rotatable bonds is 7. The number of aromatic nitrogens is 1. The minimum absolute atomic E-state index is 0.677. The van der Waals surface area contributed by atoms with Gasteiger partial charge in [0.15, 0.2) is 0 Å². The zero-order chi connectivity index (χ0) is 11.8. The molecule has 1 heterocycles. The SMILES string of the molecule is CCCNCC(C)CCc1cccnc1N. The van der Waals surface area contributed by atoms with E-state index in [0.29, 0.717) is 11.7 Å². The van der Waals surface area contributed by atoms with E-state index in [1.54, 1.807) is 6.20 Å². The lowest BCUT2D eigenvalue weighted by molar-refractivity contribution is 0.481. The number of nitrogens with one attached hydrogen (secondary N) is 1. The highest BCUT2D eigenvalue weighted by atomic mass is 14.8. The van der Waals surface area contributed by atoms with E-state index in [1.165, 1.54) is 12.0 Å². The predicted molar refractivity (Wildman–Crippen MR) is 69.3 cm³/mol. The quantitative estimate of drug-likeness (QED) is 0.694. The summed E-state index contributed by atoms with van der Waals surface area (Å²) in [6, 6.07) is 4.01. The van der Waals surface area contributed by atoms with Crippen LogP contribution in [-0.2, 0) is 6.42 Å². The van der Waals surface area contributed by atoms with Gasteiger partial charge < -0.3 is 11.1 Å². The zero-order valence-electron chi connectivity index (χ0n) is 10.4. The fraction of sp³-hybridized carbons (Fsp3) is 0.615. The van der Waals surface area contributed by atoms with Gasteiger partial charge in [0.05, 0.1) is 0 Å². The molecule has 0 saturated carbocycles. The van der Waals surface area contributed by atoms with Gasteiger partial charge in [-0.15, -0.1) is 0 Å². The Morgan fingerprint density at radius 2 is 2.31 bits per heavy atom. The van der Waals surface area contributed by atoms with Crippen LogP contribution in [0.2, 0.25) is 0 Å². The lowest BCUT2D eigenvalue weighted by Gasteiger charge is -2.12. The van der Waals surface area contributed by atoms with Gasteiger partial charge in [-0.1, -0.05) is 19.9 Å². The number of nitrogens with two attached hydrogens (primary N) is 1. The van der Waals surface area contributed by atoms with Crippen molar-refractivity contribution in [2.75, 3.05) is 18.8 Å². The molecule has 90 valence electrons. The highest BCUT2D eigenvalue weighted by molar-refractivity contribution is 5.38. The van der Waals surface area contributed by atoms with E-state index in [2.05, 4.69) is 30.2 Å². The molecule has 3 N–H and O–H groups in total. The molecule has 1 aromatic rings. The van der Waals surface area contributed by atoms with Crippen LogP contribution in [0.4, 0.5) is 5.82 Å². The first kappa shape index (κ1) is 13.0. The Hall–Kier alpha value is -1.09. The van der Waals surface area contributed by atoms with Crippen molar-refractivity contribution in [1.82, 2.24) is 10.3 Å². The Balaban J connectivity index is 2.26. The number of hydrogen-bond donors (Lipinski definition) is 2. The molecule has 0 aromatic carbocycles. The number of aryl methyl sites for hydroxylation is 1. The van der Waals surface area contributed by atoms with Crippen molar-refractivity contribution in [2.45, 2.75) is 33.1 Å². The summed E-state index contributed by atoms with van der Waals surface area (Å²) >= 11 is 0. The number of nitrogen functional groups attached to an aromatic ring is 1. The van der Waals surface area contributed by atoms with Crippen LogP contribution < -0.4 is 11.1 Å². The highest BCUT2D eigenvalue weighted by Crippen LogP contribution is 2.13. The molecule has 0 saturated heterocycles. The second-order valence-corrected chi connectivity index (χ2v) is 4.40. The van der Waals surface area contributed by atoms with Crippen molar-refractivity contribution in [2.24, 2.45) is 5.92 Å². The number of hydrogen-bond acceptors (Lipinski definition) is 3. The summed E-state index contributed by atoms with van der Waals surface area (Å²) in [5.74, 6) is 1.36. The molecule has 0 radical (unpaired) electrons. The van der Waals surface area contributed by atoms with E-state index in [1.807, 2.05) is 6.07 Å². The molecule has 0 aliphatic rings. The van der Waals surface area contributed by atoms with Crippen LogP contribution in [0, 0.1) is 5.92 Å². The Kier molecular flexibility index (Phi) is 5.86. The van der Waals surface area contributed by atoms with E-state index in [4.69, 9.17) is 5.73 Å². The molecule has 0 fully saturated rings. The number of pyridine rings is 1. The van der Waals surface area contributed by atoms with Gasteiger partial charge in [-0.3, -0.25) is 0 Å². The fourth-order valence-electron chi connectivity index (χ4n) is 1.69. The standard InChI is InChI=1S/C13H23N3/c1-3-8-15-10-11(2)6-7-12-5-4-9-16-13(12)14/h4-5,9,11,15H,3,6-8,10H2,1-2H3,(H2,14,16). The summed E-state index contributed by atoms with van der Waals surface area (Å²) in [4.78, 5) is 4.09. The Bertz CT molecular complexity index is 299. The summed E-state index contributed by atoms with van der Waals surface area (Å²) in [6.45, 7) is 6.66. The van der Waals surface area contributed by atoms with Gasteiger partial charge >= 0.3 is 0 Å². The molecule has 3 heteroatoms. The van der Waals surface area contributed by atoms with Crippen LogP contribution in [0.1, 0.15) is 32.3 Å². The van der Waals surface area contributed by atoms with Crippen LogP contribution in [0.25, 0.3) is 0 Å². The number of anilines is 1. The Labute approximate surface area is 98.5 Å². The predicted octanol–water partition coefficient (Wildman–Crippen LogP) is 2.23. The maximum absolute atomic E-state index is 5.80. The molecule has 0 spiro atoms. The topological polar surface area (TPSA) is 50.9 Å². The molecule has 3 nitrogen and oxygen atoms in total.